The number of hydrogen-bond donors (Lipinski definition) is 0. The van der Waals surface area contributed by atoms with Gasteiger partial charge in [0.2, 0.25) is 0 Å². The number of nitriles is 1. The first-order chi connectivity index (χ1) is 7.02. The van der Waals surface area contributed by atoms with Gasteiger partial charge in [0.1, 0.15) is 23.2 Å². The van der Waals surface area contributed by atoms with E-state index < -0.39 is 11.4 Å². The van der Waals surface area contributed by atoms with Crippen molar-refractivity contribution in [3.05, 3.63) is 35.2 Å². The molecule has 15 heavy (non-hydrogen) atoms. The Hall–Kier alpha value is -1.82. The van der Waals surface area contributed by atoms with Crippen LogP contribution in [0.5, 0.6) is 5.75 Å². The Morgan fingerprint density at radius 2 is 2.13 bits per heavy atom. The molecule has 1 heterocycles. The smallest absolute Gasteiger partial charge is 0.144 e. The minimum absolute atomic E-state index is 0.0432. The van der Waals surface area contributed by atoms with Crippen LogP contribution in [0.1, 0.15) is 25.0 Å². The Bertz CT molecular complexity index is 483. The number of fused-ring (bicyclic) bond motifs is 1. The average molecular weight is 203 g/mol. The lowest BCUT2D eigenvalue weighted by molar-refractivity contribution is 0.158. The van der Waals surface area contributed by atoms with Crippen molar-refractivity contribution in [2.24, 2.45) is 0 Å². The molecule has 0 N–H and O–H groups in total. The Morgan fingerprint density at radius 3 is 2.80 bits per heavy atom. The van der Waals surface area contributed by atoms with E-state index in [2.05, 4.69) is 0 Å². The Labute approximate surface area is 87.6 Å². The first-order valence-electron chi connectivity index (χ1n) is 4.64. The summed E-state index contributed by atoms with van der Waals surface area (Å²) in [4.78, 5) is 0. The summed E-state index contributed by atoms with van der Waals surface area (Å²) < 4.78 is 18.9. The summed E-state index contributed by atoms with van der Waals surface area (Å²) in [5, 5.41) is 8.67. The van der Waals surface area contributed by atoms with E-state index in [1.54, 1.807) is 6.07 Å². The van der Waals surface area contributed by atoms with E-state index in [0.29, 0.717) is 5.75 Å². The van der Waals surface area contributed by atoms with Crippen molar-refractivity contribution in [3.63, 3.8) is 0 Å². The van der Waals surface area contributed by atoms with E-state index in [4.69, 9.17) is 10.00 Å². The fraction of sp³-hybridized carbons (Fsp3) is 0.250. The number of nitrogens with zero attached hydrogens (tertiary/aromatic N) is 1. The third-order valence-corrected chi connectivity index (χ3v) is 2.26. The molecule has 3 heteroatoms. The Kier molecular flexibility index (Phi) is 2.01. The lowest BCUT2D eigenvalue weighted by Crippen LogP contribution is -2.27. The maximum atomic E-state index is 13.3. The topological polar surface area (TPSA) is 33.0 Å². The van der Waals surface area contributed by atoms with Gasteiger partial charge in [-0.05, 0) is 26.0 Å². The van der Waals surface area contributed by atoms with Crippen molar-refractivity contribution in [2.45, 2.75) is 19.4 Å². The van der Waals surface area contributed by atoms with Crippen molar-refractivity contribution in [2.75, 3.05) is 0 Å². The molecule has 0 aliphatic carbocycles. The molecule has 1 aromatic rings. The van der Waals surface area contributed by atoms with Crippen LogP contribution in [0.2, 0.25) is 0 Å². The normalized spacial score (nSPS) is 16.4. The molecule has 1 aromatic carbocycles. The first kappa shape index (κ1) is 9.72. The maximum Gasteiger partial charge on any atom is 0.144 e. The van der Waals surface area contributed by atoms with Gasteiger partial charge in [0.05, 0.1) is 5.56 Å². The third kappa shape index (κ3) is 1.71. The highest BCUT2D eigenvalue weighted by atomic mass is 19.1. The van der Waals surface area contributed by atoms with Crippen LogP contribution in [-0.2, 0) is 0 Å². The standard InChI is InChI=1S/C12H10FNO/c1-12(2)4-3-8-5-9(7-14)10(13)6-11(8)15-12/h3-6H,1-2H3. The lowest BCUT2D eigenvalue weighted by atomic mass is 10.0. The Balaban J connectivity index is 2.55. The summed E-state index contributed by atoms with van der Waals surface area (Å²) in [5.41, 5.74) is 0.363. The average Bonchev–Trinajstić information content (AvgIpc) is 2.15. The van der Waals surface area contributed by atoms with Gasteiger partial charge in [0, 0.05) is 11.6 Å². The second kappa shape index (κ2) is 3.09. The predicted molar refractivity (Wildman–Crippen MR) is 54.9 cm³/mol. The molecule has 0 saturated carbocycles. The molecule has 0 bridgehead atoms. The van der Waals surface area contributed by atoms with Crippen LogP contribution in [0.25, 0.3) is 6.08 Å². The molecule has 0 spiro atoms. The van der Waals surface area contributed by atoms with E-state index in [1.165, 1.54) is 12.1 Å². The molecule has 0 radical (unpaired) electrons. The van der Waals surface area contributed by atoms with Crippen molar-refractivity contribution >= 4 is 6.08 Å². The zero-order valence-electron chi connectivity index (χ0n) is 8.54. The summed E-state index contributed by atoms with van der Waals surface area (Å²) in [5.74, 6) is -0.0543. The molecule has 1 aliphatic heterocycles. The molecule has 2 rings (SSSR count). The first-order valence-corrected chi connectivity index (χ1v) is 4.64. The molecule has 1 aliphatic rings. The van der Waals surface area contributed by atoms with Crippen LogP contribution in [-0.4, -0.2) is 5.60 Å². The van der Waals surface area contributed by atoms with E-state index in [1.807, 2.05) is 26.0 Å². The second-order valence-corrected chi connectivity index (χ2v) is 4.02. The number of rotatable bonds is 0. The number of hydrogen-bond acceptors (Lipinski definition) is 2. The fourth-order valence-electron chi connectivity index (χ4n) is 1.48. The molecule has 76 valence electrons. The van der Waals surface area contributed by atoms with Crippen molar-refractivity contribution < 1.29 is 9.13 Å². The molecular formula is C12H10FNO. The van der Waals surface area contributed by atoms with Crippen molar-refractivity contribution in [3.8, 4) is 11.8 Å². The Morgan fingerprint density at radius 1 is 1.40 bits per heavy atom. The maximum absolute atomic E-state index is 13.3. The molecule has 0 aromatic heterocycles. The number of ether oxygens (including phenoxy) is 1. The largest absolute Gasteiger partial charge is 0.483 e. The zero-order valence-corrected chi connectivity index (χ0v) is 8.54. The molecule has 2 nitrogen and oxygen atoms in total. The quantitative estimate of drug-likeness (QED) is 0.649. The van der Waals surface area contributed by atoms with Gasteiger partial charge >= 0.3 is 0 Å². The van der Waals surface area contributed by atoms with E-state index in [9.17, 15) is 4.39 Å². The van der Waals surface area contributed by atoms with Crippen LogP contribution in [0.4, 0.5) is 4.39 Å². The highest BCUT2D eigenvalue weighted by Crippen LogP contribution is 2.32. The minimum atomic E-state index is -0.539. The van der Waals surface area contributed by atoms with Gasteiger partial charge in [0.25, 0.3) is 0 Å². The molecule has 0 amide bonds. The van der Waals surface area contributed by atoms with Crippen LogP contribution in [0.3, 0.4) is 0 Å². The minimum Gasteiger partial charge on any atom is -0.483 e. The molecule has 0 fully saturated rings. The highest BCUT2D eigenvalue weighted by Gasteiger charge is 2.22. The molecular weight excluding hydrogens is 193 g/mol. The number of halogens is 1. The fourth-order valence-corrected chi connectivity index (χ4v) is 1.48. The van der Waals surface area contributed by atoms with Gasteiger partial charge in [0.15, 0.2) is 0 Å². The molecule has 0 atom stereocenters. The summed E-state index contributed by atoms with van der Waals surface area (Å²) >= 11 is 0. The molecule has 0 saturated heterocycles. The van der Waals surface area contributed by atoms with Crippen LogP contribution >= 0.6 is 0 Å². The van der Waals surface area contributed by atoms with E-state index in [-0.39, 0.29) is 5.56 Å². The van der Waals surface area contributed by atoms with Gasteiger partial charge in [-0.15, -0.1) is 0 Å². The third-order valence-electron chi connectivity index (χ3n) is 2.26. The van der Waals surface area contributed by atoms with Gasteiger partial charge in [-0.25, -0.2) is 4.39 Å². The molecule has 0 unspecified atom stereocenters. The lowest BCUT2D eigenvalue weighted by Gasteiger charge is -2.27. The van der Waals surface area contributed by atoms with E-state index in [0.717, 1.165) is 5.56 Å². The second-order valence-electron chi connectivity index (χ2n) is 4.02. The monoisotopic (exact) mass is 203 g/mol. The van der Waals surface area contributed by atoms with Crippen molar-refractivity contribution in [1.82, 2.24) is 0 Å². The summed E-state index contributed by atoms with van der Waals surface area (Å²) in [6, 6.07) is 4.56. The van der Waals surface area contributed by atoms with Gasteiger partial charge in [-0.1, -0.05) is 6.08 Å². The summed E-state index contributed by atoms with van der Waals surface area (Å²) in [6.45, 7) is 3.78. The zero-order chi connectivity index (χ0) is 11.1. The predicted octanol–water partition coefficient (Wildman–Crippen LogP) is 2.88. The highest BCUT2D eigenvalue weighted by molar-refractivity contribution is 5.63. The van der Waals surface area contributed by atoms with Crippen LogP contribution in [0.15, 0.2) is 18.2 Å². The van der Waals surface area contributed by atoms with E-state index >= 15 is 0 Å². The van der Waals surface area contributed by atoms with Gasteiger partial charge in [-0.3, -0.25) is 0 Å². The summed E-state index contributed by atoms with van der Waals surface area (Å²) in [6.07, 6.45) is 3.73. The summed E-state index contributed by atoms with van der Waals surface area (Å²) in [7, 11) is 0. The SMILES string of the molecule is CC1(C)C=Cc2cc(C#N)c(F)cc2O1. The van der Waals surface area contributed by atoms with Crippen LogP contribution < -0.4 is 4.74 Å². The van der Waals surface area contributed by atoms with Gasteiger partial charge in [-0.2, -0.15) is 5.26 Å². The van der Waals surface area contributed by atoms with Gasteiger partial charge < -0.3 is 4.74 Å². The van der Waals surface area contributed by atoms with Crippen LogP contribution in [0, 0.1) is 17.1 Å². The number of benzene rings is 1. The van der Waals surface area contributed by atoms with Crippen molar-refractivity contribution in [1.29, 1.82) is 5.26 Å².